The number of imidazole rings is 1. The third-order valence-electron chi connectivity index (χ3n) is 5.37. The second kappa shape index (κ2) is 7.16. The second-order valence-corrected chi connectivity index (χ2v) is 7.20. The predicted octanol–water partition coefficient (Wildman–Crippen LogP) is 4.19. The van der Waals surface area contributed by atoms with Crippen LogP contribution in [0.3, 0.4) is 0 Å². The molecule has 4 aromatic rings. The summed E-state index contributed by atoms with van der Waals surface area (Å²) in [6.45, 7) is 1.05. The van der Waals surface area contributed by atoms with Crippen molar-refractivity contribution in [3.63, 3.8) is 0 Å². The zero-order valence-electron chi connectivity index (χ0n) is 15.7. The Balaban J connectivity index is 1.35. The lowest BCUT2D eigenvalue weighted by Gasteiger charge is -2.24. The van der Waals surface area contributed by atoms with E-state index in [9.17, 15) is 9.18 Å². The number of oxazole rings is 1. The average molecular weight is 390 g/mol. The van der Waals surface area contributed by atoms with Gasteiger partial charge < -0.3 is 13.9 Å². The van der Waals surface area contributed by atoms with Gasteiger partial charge in [0.05, 0.1) is 23.4 Å². The minimum atomic E-state index is -0.280. The highest BCUT2D eigenvalue weighted by molar-refractivity contribution is 5.92. The smallest absolute Gasteiger partial charge is 0.276 e. The summed E-state index contributed by atoms with van der Waals surface area (Å²) in [5.41, 5.74) is 3.10. The largest absolute Gasteiger partial charge is 0.446 e. The Labute approximate surface area is 166 Å². The van der Waals surface area contributed by atoms with Crippen LogP contribution < -0.4 is 0 Å². The Morgan fingerprint density at radius 3 is 2.86 bits per heavy atom. The second-order valence-electron chi connectivity index (χ2n) is 7.20. The first-order valence-electron chi connectivity index (χ1n) is 9.60. The van der Waals surface area contributed by atoms with Gasteiger partial charge in [0.2, 0.25) is 5.89 Å². The van der Waals surface area contributed by atoms with Gasteiger partial charge in [-0.2, -0.15) is 0 Å². The van der Waals surface area contributed by atoms with E-state index in [2.05, 4.69) is 9.97 Å². The molecular formula is C22H19FN4O2. The summed E-state index contributed by atoms with van der Waals surface area (Å²) in [5, 5.41) is 0. The molecule has 1 saturated heterocycles. The average Bonchev–Trinajstić information content (AvgIpc) is 3.49. The Morgan fingerprint density at radius 1 is 1.17 bits per heavy atom. The molecule has 1 amide bonds. The third-order valence-corrected chi connectivity index (χ3v) is 5.37. The highest BCUT2D eigenvalue weighted by atomic mass is 19.1. The van der Waals surface area contributed by atoms with Gasteiger partial charge in [0.1, 0.15) is 18.6 Å². The molecular weight excluding hydrogens is 371 g/mol. The van der Waals surface area contributed by atoms with Gasteiger partial charge in [-0.1, -0.05) is 24.3 Å². The Morgan fingerprint density at radius 2 is 2.00 bits per heavy atom. The first-order valence-corrected chi connectivity index (χ1v) is 9.60. The number of hydrogen-bond donors (Lipinski definition) is 0. The number of nitrogens with zero attached hydrogens (tertiary/aromatic N) is 4. The van der Waals surface area contributed by atoms with Crippen molar-refractivity contribution in [3.05, 3.63) is 84.1 Å². The predicted molar refractivity (Wildman–Crippen MR) is 105 cm³/mol. The number of likely N-dealkylation sites (tertiary alicyclic amines) is 1. The minimum absolute atomic E-state index is 0.0687. The molecule has 1 aliphatic heterocycles. The molecule has 7 heteroatoms. The highest BCUT2D eigenvalue weighted by Crippen LogP contribution is 2.33. The van der Waals surface area contributed by atoms with Crippen LogP contribution in [0.1, 0.15) is 40.8 Å². The number of fused-ring (bicyclic) bond motifs is 1. The normalized spacial score (nSPS) is 16.6. The fraction of sp³-hybridized carbons (Fsp3) is 0.227. The number of amides is 1. The van der Waals surface area contributed by atoms with Crippen molar-refractivity contribution in [1.29, 1.82) is 0 Å². The van der Waals surface area contributed by atoms with Crippen LogP contribution in [0.4, 0.5) is 4.39 Å². The van der Waals surface area contributed by atoms with Gasteiger partial charge in [-0.3, -0.25) is 4.79 Å². The fourth-order valence-corrected chi connectivity index (χ4v) is 3.95. The van der Waals surface area contributed by atoms with Crippen LogP contribution in [0.15, 0.2) is 65.5 Å². The van der Waals surface area contributed by atoms with Gasteiger partial charge in [0, 0.05) is 6.54 Å². The molecule has 0 spiro atoms. The third kappa shape index (κ3) is 3.29. The van der Waals surface area contributed by atoms with E-state index in [1.54, 1.807) is 23.4 Å². The summed E-state index contributed by atoms with van der Waals surface area (Å²) in [5.74, 6) is 0.00846. The monoisotopic (exact) mass is 390 g/mol. The Kier molecular flexibility index (Phi) is 4.35. The first kappa shape index (κ1) is 17.6. The molecule has 1 unspecified atom stereocenters. The molecule has 146 valence electrons. The van der Waals surface area contributed by atoms with Crippen LogP contribution in [-0.4, -0.2) is 31.9 Å². The van der Waals surface area contributed by atoms with Crippen molar-refractivity contribution in [3.8, 4) is 0 Å². The molecule has 1 atom stereocenters. The lowest BCUT2D eigenvalue weighted by molar-refractivity contribution is 0.0729. The van der Waals surface area contributed by atoms with E-state index in [4.69, 9.17) is 4.42 Å². The molecule has 0 bridgehead atoms. The number of rotatable bonds is 4. The number of carbonyl (C=O) groups excluding carboxylic acids is 1. The lowest BCUT2D eigenvalue weighted by atomic mass is 10.0. The van der Waals surface area contributed by atoms with E-state index in [1.807, 2.05) is 28.8 Å². The maximum absolute atomic E-state index is 13.2. The molecule has 3 heterocycles. The van der Waals surface area contributed by atoms with Crippen LogP contribution in [-0.2, 0) is 6.54 Å². The van der Waals surface area contributed by atoms with Gasteiger partial charge in [-0.25, -0.2) is 14.4 Å². The summed E-state index contributed by atoms with van der Waals surface area (Å²) in [6, 6.07) is 14.1. The molecule has 0 radical (unpaired) electrons. The van der Waals surface area contributed by atoms with Gasteiger partial charge in [0.15, 0.2) is 5.69 Å². The van der Waals surface area contributed by atoms with Gasteiger partial charge in [-0.05, 0) is 42.7 Å². The van der Waals surface area contributed by atoms with Crippen molar-refractivity contribution in [2.24, 2.45) is 0 Å². The van der Waals surface area contributed by atoms with Crippen molar-refractivity contribution in [2.75, 3.05) is 6.54 Å². The van der Waals surface area contributed by atoms with E-state index in [-0.39, 0.29) is 17.8 Å². The van der Waals surface area contributed by atoms with Crippen LogP contribution in [0.5, 0.6) is 0 Å². The zero-order chi connectivity index (χ0) is 19.8. The van der Waals surface area contributed by atoms with Crippen molar-refractivity contribution in [2.45, 2.75) is 25.4 Å². The number of benzene rings is 2. The summed E-state index contributed by atoms with van der Waals surface area (Å²) in [7, 11) is 0. The number of halogens is 1. The van der Waals surface area contributed by atoms with Gasteiger partial charge in [0.25, 0.3) is 5.91 Å². The highest BCUT2D eigenvalue weighted by Gasteiger charge is 2.32. The molecule has 1 aliphatic rings. The Hall–Kier alpha value is -3.48. The number of hydrogen-bond acceptors (Lipinski definition) is 4. The number of aromatic nitrogens is 3. The summed E-state index contributed by atoms with van der Waals surface area (Å²) < 4.78 is 20.7. The Bertz CT molecular complexity index is 1170. The maximum atomic E-state index is 13.2. The molecule has 2 aromatic heterocycles. The van der Waals surface area contributed by atoms with Crippen molar-refractivity contribution < 1.29 is 13.6 Å². The number of para-hydroxylation sites is 2. The van der Waals surface area contributed by atoms with Crippen LogP contribution in [0.25, 0.3) is 11.0 Å². The van der Waals surface area contributed by atoms with Crippen molar-refractivity contribution in [1.82, 2.24) is 19.4 Å². The zero-order valence-corrected chi connectivity index (χ0v) is 15.7. The van der Waals surface area contributed by atoms with E-state index in [1.165, 1.54) is 18.4 Å². The SMILES string of the molecule is O=C(c1coc(Cn2cnc3ccccc32)n1)N1CCCC1c1ccc(F)cc1. The molecule has 2 aromatic carbocycles. The molecule has 0 saturated carbocycles. The van der Waals surface area contributed by atoms with Crippen LogP contribution in [0.2, 0.25) is 0 Å². The molecule has 0 aliphatic carbocycles. The summed E-state index contributed by atoms with van der Waals surface area (Å²) >= 11 is 0. The van der Waals surface area contributed by atoms with E-state index in [0.29, 0.717) is 24.7 Å². The maximum Gasteiger partial charge on any atom is 0.276 e. The molecule has 1 fully saturated rings. The summed E-state index contributed by atoms with van der Waals surface area (Å²) in [4.78, 5) is 23.6. The minimum Gasteiger partial charge on any atom is -0.446 e. The fourth-order valence-electron chi connectivity index (χ4n) is 3.95. The number of carbonyl (C=O) groups is 1. The molecule has 0 N–H and O–H groups in total. The van der Waals surface area contributed by atoms with Gasteiger partial charge >= 0.3 is 0 Å². The van der Waals surface area contributed by atoms with E-state index >= 15 is 0 Å². The molecule has 6 nitrogen and oxygen atoms in total. The summed E-state index contributed by atoms with van der Waals surface area (Å²) in [6.07, 6.45) is 4.90. The lowest BCUT2D eigenvalue weighted by Crippen LogP contribution is -2.30. The van der Waals surface area contributed by atoms with Crippen LogP contribution >= 0.6 is 0 Å². The quantitative estimate of drug-likeness (QED) is 0.524. The first-order chi connectivity index (χ1) is 14.2. The topological polar surface area (TPSA) is 64.2 Å². The van der Waals surface area contributed by atoms with Crippen molar-refractivity contribution >= 4 is 16.9 Å². The molecule has 29 heavy (non-hydrogen) atoms. The van der Waals surface area contributed by atoms with Gasteiger partial charge in [-0.15, -0.1) is 0 Å². The van der Waals surface area contributed by atoms with E-state index < -0.39 is 0 Å². The molecule has 5 rings (SSSR count). The standard InChI is InChI=1S/C22H19FN4O2/c23-16-9-7-15(8-10-16)19-6-3-11-27(19)22(28)18-13-29-21(25-18)12-26-14-24-17-4-1-2-5-20(17)26/h1-2,4-5,7-10,13-14,19H,3,6,11-12H2. The van der Waals surface area contributed by atoms with Crippen LogP contribution in [0, 0.1) is 5.82 Å². The van der Waals surface area contributed by atoms with E-state index in [0.717, 1.165) is 29.4 Å².